The Labute approximate surface area is 105 Å². The first kappa shape index (κ1) is 12.8. The summed E-state index contributed by atoms with van der Waals surface area (Å²) in [7, 11) is 1.74. The molecule has 7 heteroatoms. The van der Waals surface area contributed by atoms with E-state index in [1.165, 1.54) is 6.33 Å². The molecule has 100 valence electrons. The van der Waals surface area contributed by atoms with Crippen LogP contribution in [0.25, 0.3) is 0 Å². The topological polar surface area (TPSA) is 84.4 Å². The van der Waals surface area contributed by atoms with Crippen LogP contribution in [-0.2, 0) is 7.05 Å². The number of imidazole rings is 1. The molecule has 0 amide bonds. The lowest BCUT2D eigenvalue weighted by Crippen LogP contribution is -2.37. The number of anilines is 1. The predicted octanol–water partition coefficient (Wildman–Crippen LogP) is 1.07. The molecule has 1 saturated carbocycles. The van der Waals surface area contributed by atoms with E-state index in [0.29, 0.717) is 12.4 Å². The van der Waals surface area contributed by atoms with Crippen LogP contribution in [0.5, 0.6) is 0 Å². The van der Waals surface area contributed by atoms with Gasteiger partial charge in [0.05, 0.1) is 6.61 Å². The Morgan fingerprint density at radius 1 is 1.61 bits per heavy atom. The number of nitrogens with zero attached hydrogens (tertiary/aromatic N) is 4. The van der Waals surface area contributed by atoms with Gasteiger partial charge in [-0.25, -0.2) is 0 Å². The van der Waals surface area contributed by atoms with Crippen LogP contribution in [0.4, 0.5) is 11.6 Å². The van der Waals surface area contributed by atoms with E-state index in [4.69, 9.17) is 0 Å². The smallest absolute Gasteiger partial charge is 0.395 e. The molecule has 1 heterocycles. The third kappa shape index (κ3) is 2.31. The summed E-state index contributed by atoms with van der Waals surface area (Å²) in [5, 5.41) is 20.2. The third-order valence-electron chi connectivity index (χ3n) is 3.44. The number of aliphatic hydroxyl groups excluding tert-OH is 1. The van der Waals surface area contributed by atoms with Crippen LogP contribution < -0.4 is 4.90 Å². The van der Waals surface area contributed by atoms with E-state index in [9.17, 15) is 15.2 Å². The van der Waals surface area contributed by atoms with E-state index in [-0.39, 0.29) is 18.5 Å². The molecule has 0 aromatic carbocycles. The van der Waals surface area contributed by atoms with Gasteiger partial charge in [-0.2, -0.15) is 0 Å². The molecule has 1 aromatic heterocycles. The minimum atomic E-state index is -0.464. The van der Waals surface area contributed by atoms with Crippen LogP contribution >= 0.6 is 0 Å². The van der Waals surface area contributed by atoms with Crippen molar-refractivity contribution in [3.63, 3.8) is 0 Å². The highest BCUT2D eigenvalue weighted by atomic mass is 16.6. The first-order chi connectivity index (χ1) is 8.65. The van der Waals surface area contributed by atoms with Crippen LogP contribution in [0.3, 0.4) is 0 Å². The Bertz CT molecular complexity index is 426. The predicted molar refractivity (Wildman–Crippen MR) is 66.6 cm³/mol. The first-order valence-corrected chi connectivity index (χ1v) is 6.18. The molecule has 0 aliphatic heterocycles. The standard InChI is InChI=1S/C11H18N4O3/c1-13-8-12-10(15(17)18)11(13)14(6-7-16)9-4-2-3-5-9/h8-9,16H,2-7H2,1H3. The summed E-state index contributed by atoms with van der Waals surface area (Å²) < 4.78 is 1.66. The van der Waals surface area contributed by atoms with Crippen molar-refractivity contribution in [2.24, 2.45) is 7.05 Å². The van der Waals surface area contributed by atoms with Gasteiger partial charge in [0.25, 0.3) is 0 Å². The van der Waals surface area contributed by atoms with Crippen molar-refractivity contribution in [1.29, 1.82) is 0 Å². The molecule has 0 radical (unpaired) electrons. The average molecular weight is 254 g/mol. The number of aromatic nitrogens is 2. The second kappa shape index (κ2) is 5.34. The number of hydrogen-bond acceptors (Lipinski definition) is 5. The molecule has 0 saturated heterocycles. The van der Waals surface area contributed by atoms with E-state index < -0.39 is 4.92 Å². The van der Waals surface area contributed by atoms with Crippen molar-refractivity contribution in [2.45, 2.75) is 31.7 Å². The maximum Gasteiger partial charge on any atom is 0.406 e. The molecule has 1 N–H and O–H groups in total. The molecule has 18 heavy (non-hydrogen) atoms. The van der Waals surface area contributed by atoms with Crippen molar-refractivity contribution < 1.29 is 10.0 Å². The molecule has 1 aliphatic carbocycles. The molecule has 1 fully saturated rings. The Kier molecular flexibility index (Phi) is 3.81. The van der Waals surface area contributed by atoms with Gasteiger partial charge in [-0.1, -0.05) is 12.8 Å². The number of aliphatic hydroxyl groups is 1. The van der Waals surface area contributed by atoms with Crippen molar-refractivity contribution in [3.05, 3.63) is 16.4 Å². The lowest BCUT2D eigenvalue weighted by Gasteiger charge is -2.29. The van der Waals surface area contributed by atoms with Gasteiger partial charge in [-0.15, -0.1) is 0 Å². The van der Waals surface area contributed by atoms with Crippen molar-refractivity contribution in [2.75, 3.05) is 18.1 Å². The van der Waals surface area contributed by atoms with Crippen molar-refractivity contribution >= 4 is 11.6 Å². The Hall–Kier alpha value is -1.63. The SMILES string of the molecule is Cn1cnc([N+](=O)[O-])c1N(CCO)C1CCCC1. The summed E-state index contributed by atoms with van der Waals surface area (Å²) in [6.07, 6.45) is 5.76. The van der Waals surface area contributed by atoms with Gasteiger partial charge in [-0.05, 0) is 22.7 Å². The van der Waals surface area contributed by atoms with Gasteiger partial charge in [0.2, 0.25) is 12.1 Å². The van der Waals surface area contributed by atoms with Gasteiger partial charge in [0.1, 0.15) is 0 Å². The van der Waals surface area contributed by atoms with Crippen molar-refractivity contribution in [1.82, 2.24) is 9.55 Å². The van der Waals surface area contributed by atoms with E-state index >= 15 is 0 Å². The van der Waals surface area contributed by atoms with Crippen LogP contribution in [0, 0.1) is 10.1 Å². The minimum absolute atomic E-state index is 0.0150. The lowest BCUT2D eigenvalue weighted by atomic mass is 10.2. The maximum absolute atomic E-state index is 11.0. The molecule has 0 unspecified atom stereocenters. The third-order valence-corrected chi connectivity index (χ3v) is 3.44. The zero-order valence-electron chi connectivity index (χ0n) is 10.4. The fraction of sp³-hybridized carbons (Fsp3) is 0.727. The maximum atomic E-state index is 11.0. The average Bonchev–Trinajstić information content (AvgIpc) is 2.95. The molecular formula is C11H18N4O3. The van der Waals surface area contributed by atoms with Gasteiger partial charge in [0.15, 0.2) is 0 Å². The fourth-order valence-electron chi connectivity index (χ4n) is 2.66. The second-order valence-corrected chi connectivity index (χ2v) is 4.62. The number of rotatable bonds is 5. The summed E-state index contributed by atoms with van der Waals surface area (Å²) >= 11 is 0. The molecule has 0 spiro atoms. The van der Waals surface area contributed by atoms with Gasteiger partial charge in [0, 0.05) is 19.6 Å². The summed E-state index contributed by atoms with van der Waals surface area (Å²) in [4.78, 5) is 16.3. The molecular weight excluding hydrogens is 236 g/mol. The van der Waals surface area contributed by atoms with Gasteiger partial charge in [-0.3, -0.25) is 4.57 Å². The molecule has 0 atom stereocenters. The first-order valence-electron chi connectivity index (χ1n) is 6.18. The molecule has 1 aliphatic rings. The van der Waals surface area contributed by atoms with E-state index in [0.717, 1.165) is 25.7 Å². The zero-order valence-corrected chi connectivity index (χ0v) is 10.4. The van der Waals surface area contributed by atoms with Gasteiger partial charge < -0.3 is 20.1 Å². The Morgan fingerprint density at radius 2 is 2.28 bits per heavy atom. The summed E-state index contributed by atoms with van der Waals surface area (Å²) in [5.74, 6) is 0.374. The normalized spacial score (nSPS) is 16.1. The number of aryl methyl sites for hydroxylation is 1. The second-order valence-electron chi connectivity index (χ2n) is 4.62. The zero-order chi connectivity index (χ0) is 13.1. The highest BCUT2D eigenvalue weighted by Crippen LogP contribution is 2.32. The highest BCUT2D eigenvalue weighted by Gasteiger charge is 2.31. The monoisotopic (exact) mass is 254 g/mol. The molecule has 2 rings (SSSR count). The van der Waals surface area contributed by atoms with Crippen molar-refractivity contribution in [3.8, 4) is 0 Å². The van der Waals surface area contributed by atoms with Crippen LogP contribution in [0.15, 0.2) is 6.33 Å². The molecule has 0 bridgehead atoms. The fourth-order valence-corrected chi connectivity index (χ4v) is 2.66. The quantitative estimate of drug-likeness (QED) is 0.627. The van der Waals surface area contributed by atoms with E-state index in [1.807, 2.05) is 4.90 Å². The highest BCUT2D eigenvalue weighted by molar-refractivity contribution is 5.55. The van der Waals surface area contributed by atoms with Crippen LogP contribution in [-0.4, -0.2) is 38.8 Å². The van der Waals surface area contributed by atoms with Crippen LogP contribution in [0.1, 0.15) is 25.7 Å². The molecule has 1 aromatic rings. The Balaban J connectivity index is 2.34. The van der Waals surface area contributed by atoms with Crippen LogP contribution in [0.2, 0.25) is 0 Å². The van der Waals surface area contributed by atoms with E-state index in [1.54, 1.807) is 11.6 Å². The number of hydrogen-bond donors (Lipinski definition) is 1. The van der Waals surface area contributed by atoms with Gasteiger partial charge >= 0.3 is 5.82 Å². The summed E-state index contributed by atoms with van der Waals surface area (Å²) in [5.41, 5.74) is 0. The summed E-state index contributed by atoms with van der Waals surface area (Å²) in [6.45, 7) is 0.393. The molecule has 7 nitrogen and oxygen atoms in total. The summed E-state index contributed by atoms with van der Waals surface area (Å²) in [6, 6.07) is 0.270. The Morgan fingerprint density at radius 3 is 2.83 bits per heavy atom. The minimum Gasteiger partial charge on any atom is -0.395 e. The lowest BCUT2D eigenvalue weighted by molar-refractivity contribution is -0.388. The van der Waals surface area contributed by atoms with E-state index in [2.05, 4.69) is 4.98 Å². The largest absolute Gasteiger partial charge is 0.406 e. The number of nitro groups is 1.